The number of nitrogens with zero attached hydrogens (tertiary/aromatic N) is 1. The Morgan fingerprint density at radius 3 is 2.31 bits per heavy atom. The van der Waals surface area contributed by atoms with E-state index in [1.54, 1.807) is 24.3 Å². The summed E-state index contributed by atoms with van der Waals surface area (Å²) in [5, 5.41) is 0. The highest BCUT2D eigenvalue weighted by Crippen LogP contribution is 2.58. The van der Waals surface area contributed by atoms with Crippen LogP contribution in [0, 0.1) is 11.8 Å². The molecule has 0 radical (unpaired) electrons. The van der Waals surface area contributed by atoms with Gasteiger partial charge in [0, 0.05) is 12.3 Å². The second kappa shape index (κ2) is 5.27. The normalized spacial score (nSPS) is 29.0. The lowest BCUT2D eigenvalue weighted by Crippen LogP contribution is -2.44. The third-order valence-corrected chi connectivity index (χ3v) is 6.02. The maximum Gasteiger partial charge on any atom is 0.238 e. The molecule has 130 valence electrons. The molecule has 1 aliphatic heterocycles. The number of hydrogen-bond acceptors (Lipinski definition) is 4. The largest absolute Gasteiger partial charge is 0.495 e. The van der Waals surface area contributed by atoms with Gasteiger partial charge in [-0.25, -0.2) is 4.90 Å². The Labute approximate surface area is 150 Å². The fourth-order valence-corrected chi connectivity index (χ4v) is 5.01. The summed E-state index contributed by atoms with van der Waals surface area (Å²) in [4.78, 5) is 40.4. The van der Waals surface area contributed by atoms with E-state index in [0.717, 1.165) is 11.1 Å². The molecule has 3 aliphatic carbocycles. The van der Waals surface area contributed by atoms with Crippen LogP contribution in [0.4, 0.5) is 5.69 Å². The average Bonchev–Trinajstić information content (AvgIpc) is 2.93. The topological polar surface area (TPSA) is 63.7 Å². The lowest BCUT2D eigenvalue weighted by Gasteiger charge is -2.43. The van der Waals surface area contributed by atoms with Crippen LogP contribution < -0.4 is 9.64 Å². The molecule has 0 N–H and O–H groups in total. The monoisotopic (exact) mass is 347 g/mol. The third-order valence-electron chi connectivity index (χ3n) is 6.02. The number of carbonyl (C=O) groups excluding carboxylic acids is 3. The van der Waals surface area contributed by atoms with Crippen LogP contribution in [-0.2, 0) is 14.4 Å². The van der Waals surface area contributed by atoms with Gasteiger partial charge in [-0.3, -0.25) is 14.4 Å². The highest BCUT2D eigenvalue weighted by atomic mass is 16.5. The van der Waals surface area contributed by atoms with Gasteiger partial charge in [-0.2, -0.15) is 0 Å². The van der Waals surface area contributed by atoms with E-state index in [-0.39, 0.29) is 23.5 Å². The lowest BCUT2D eigenvalue weighted by atomic mass is 9.56. The molecule has 4 aliphatic rings. The minimum atomic E-state index is -0.603. The molecule has 2 aromatic carbocycles. The lowest BCUT2D eigenvalue weighted by molar-refractivity contribution is -0.134. The fraction of sp³-hybridized carbons (Fsp3) is 0.286. The Morgan fingerprint density at radius 2 is 1.54 bits per heavy atom. The first-order chi connectivity index (χ1) is 12.6. The van der Waals surface area contributed by atoms with Crippen molar-refractivity contribution in [3.05, 3.63) is 59.7 Å². The van der Waals surface area contributed by atoms with E-state index in [9.17, 15) is 14.4 Å². The molecule has 2 bridgehead atoms. The van der Waals surface area contributed by atoms with E-state index in [4.69, 9.17) is 4.74 Å². The Kier molecular flexibility index (Phi) is 3.11. The van der Waals surface area contributed by atoms with Gasteiger partial charge in [-0.05, 0) is 23.3 Å². The molecule has 5 nitrogen and oxygen atoms in total. The van der Waals surface area contributed by atoms with Crippen molar-refractivity contribution < 1.29 is 19.1 Å². The zero-order chi connectivity index (χ0) is 18.0. The predicted molar refractivity (Wildman–Crippen MR) is 94.0 cm³/mol. The second-order valence-electron chi connectivity index (χ2n) is 7.12. The molecule has 1 saturated heterocycles. The summed E-state index contributed by atoms with van der Waals surface area (Å²) in [6.45, 7) is 0. The van der Waals surface area contributed by atoms with Gasteiger partial charge in [-0.1, -0.05) is 36.4 Å². The molecule has 5 heteroatoms. The van der Waals surface area contributed by atoms with Crippen LogP contribution in [0.5, 0.6) is 5.75 Å². The number of rotatable bonds is 2. The van der Waals surface area contributed by atoms with Crippen LogP contribution in [0.1, 0.15) is 29.4 Å². The van der Waals surface area contributed by atoms with Crippen molar-refractivity contribution >= 4 is 23.3 Å². The maximum atomic E-state index is 13.3. The molecule has 2 amide bonds. The number of methoxy groups -OCH3 is 1. The van der Waals surface area contributed by atoms with Crippen molar-refractivity contribution in [2.75, 3.05) is 12.0 Å². The number of anilines is 1. The number of ether oxygens (including phenoxy) is 1. The zero-order valence-electron chi connectivity index (χ0n) is 14.2. The van der Waals surface area contributed by atoms with Gasteiger partial charge in [0.05, 0.1) is 30.6 Å². The predicted octanol–water partition coefficient (Wildman–Crippen LogP) is 2.65. The first-order valence-corrected chi connectivity index (χ1v) is 8.76. The number of fused-ring (bicyclic) bond motifs is 1. The summed E-state index contributed by atoms with van der Waals surface area (Å²) >= 11 is 0. The molecule has 2 fully saturated rings. The van der Waals surface area contributed by atoms with Crippen molar-refractivity contribution in [2.24, 2.45) is 11.8 Å². The van der Waals surface area contributed by atoms with Crippen molar-refractivity contribution in [2.45, 2.75) is 18.3 Å². The summed E-state index contributed by atoms with van der Waals surface area (Å²) in [6, 6.07) is 14.7. The summed E-state index contributed by atoms with van der Waals surface area (Å²) in [5.74, 6) is -1.77. The van der Waals surface area contributed by atoms with Crippen LogP contribution in [0.3, 0.4) is 0 Å². The van der Waals surface area contributed by atoms with E-state index in [2.05, 4.69) is 0 Å². The first kappa shape index (κ1) is 15.3. The molecule has 2 aromatic rings. The summed E-state index contributed by atoms with van der Waals surface area (Å²) in [6.07, 6.45) is 0.335. The van der Waals surface area contributed by atoms with Gasteiger partial charge >= 0.3 is 0 Å². The standard InChI is InChI=1S/C21H17NO4/c1-26-16-9-5-4-8-14(16)22-20(24)18-13-10-15(23)17(19(18)21(22)25)12-7-3-2-6-11(12)13/h2-9,13,17-19H,10H2,1H3/t13-,17+,18+,19-/m0/s1. The molecular formula is C21H17NO4. The molecule has 1 saturated carbocycles. The van der Waals surface area contributed by atoms with Crippen molar-refractivity contribution in [3.8, 4) is 5.75 Å². The van der Waals surface area contributed by atoms with Crippen molar-refractivity contribution in [1.82, 2.24) is 0 Å². The summed E-state index contributed by atoms with van der Waals surface area (Å²) < 4.78 is 5.35. The minimum Gasteiger partial charge on any atom is -0.495 e. The SMILES string of the molecule is COc1ccccc1N1C(=O)[C@@H]2[C@H](C1=O)[C@H]1CC(=O)[C@H]2c2ccccc21. The smallest absolute Gasteiger partial charge is 0.238 e. The van der Waals surface area contributed by atoms with Gasteiger partial charge < -0.3 is 4.74 Å². The molecule has 26 heavy (non-hydrogen) atoms. The van der Waals surface area contributed by atoms with Gasteiger partial charge in [0.1, 0.15) is 11.5 Å². The Balaban J connectivity index is 1.67. The zero-order valence-corrected chi connectivity index (χ0v) is 14.2. The Hall–Kier alpha value is -2.95. The molecule has 0 unspecified atom stereocenters. The number of Topliss-reactive ketones (excluding diaryl/α,β-unsaturated/α-hetero) is 1. The summed E-state index contributed by atoms with van der Waals surface area (Å²) in [5.41, 5.74) is 2.41. The molecule has 0 aromatic heterocycles. The third kappa shape index (κ3) is 1.77. The van der Waals surface area contributed by atoms with Crippen LogP contribution >= 0.6 is 0 Å². The minimum absolute atomic E-state index is 0.0676. The molecule has 4 atom stereocenters. The number of imide groups is 1. The maximum absolute atomic E-state index is 13.3. The molecular weight excluding hydrogens is 330 g/mol. The number of hydrogen-bond donors (Lipinski definition) is 0. The second-order valence-corrected chi connectivity index (χ2v) is 7.12. The van der Waals surface area contributed by atoms with Crippen molar-refractivity contribution in [1.29, 1.82) is 0 Å². The molecule has 0 spiro atoms. The molecule has 6 rings (SSSR count). The number of benzene rings is 2. The van der Waals surface area contributed by atoms with Crippen LogP contribution in [0.2, 0.25) is 0 Å². The highest BCUT2D eigenvalue weighted by molar-refractivity contribution is 6.25. The van der Waals surface area contributed by atoms with Crippen LogP contribution in [0.15, 0.2) is 48.5 Å². The first-order valence-electron chi connectivity index (χ1n) is 8.76. The van der Waals surface area contributed by atoms with E-state index in [1.807, 2.05) is 24.3 Å². The Bertz CT molecular complexity index is 966. The number of ketones is 1. The fourth-order valence-electron chi connectivity index (χ4n) is 5.01. The van der Waals surface area contributed by atoms with Gasteiger partial charge in [0.15, 0.2) is 0 Å². The highest BCUT2D eigenvalue weighted by Gasteiger charge is 2.62. The van der Waals surface area contributed by atoms with Gasteiger partial charge in [-0.15, -0.1) is 0 Å². The molecule has 1 heterocycles. The number of carbonyl (C=O) groups is 3. The van der Waals surface area contributed by atoms with E-state index in [0.29, 0.717) is 17.9 Å². The van der Waals surface area contributed by atoms with Crippen LogP contribution in [-0.4, -0.2) is 24.7 Å². The van der Waals surface area contributed by atoms with E-state index < -0.39 is 17.8 Å². The van der Waals surface area contributed by atoms with Crippen LogP contribution in [0.25, 0.3) is 0 Å². The Morgan fingerprint density at radius 1 is 0.885 bits per heavy atom. The quantitative estimate of drug-likeness (QED) is 0.784. The number of amides is 2. The van der Waals surface area contributed by atoms with E-state index in [1.165, 1.54) is 12.0 Å². The van der Waals surface area contributed by atoms with Crippen molar-refractivity contribution in [3.63, 3.8) is 0 Å². The summed E-state index contributed by atoms with van der Waals surface area (Å²) in [7, 11) is 1.51. The van der Waals surface area contributed by atoms with E-state index >= 15 is 0 Å². The van der Waals surface area contributed by atoms with Gasteiger partial charge in [0.2, 0.25) is 11.8 Å². The van der Waals surface area contributed by atoms with Gasteiger partial charge in [0.25, 0.3) is 0 Å². The number of para-hydroxylation sites is 2. The average molecular weight is 347 g/mol.